The zero-order chi connectivity index (χ0) is 22.6. The van der Waals surface area contributed by atoms with E-state index in [2.05, 4.69) is 23.6 Å². The van der Waals surface area contributed by atoms with Crippen LogP contribution in [0.5, 0.6) is 0 Å². The molecule has 0 saturated carbocycles. The molecule has 1 aromatic carbocycles. The summed E-state index contributed by atoms with van der Waals surface area (Å²) in [6, 6.07) is 10.8. The molecular formula is C25H34FNO4. The molecule has 1 aliphatic rings. The van der Waals surface area contributed by atoms with Gasteiger partial charge in [0, 0.05) is 24.4 Å². The number of carbonyl (C=O) groups excluding carboxylic acids is 1. The maximum Gasteiger partial charge on any atom is 0.308 e. The van der Waals surface area contributed by atoms with Gasteiger partial charge in [0.1, 0.15) is 5.82 Å². The molecule has 31 heavy (non-hydrogen) atoms. The fourth-order valence-electron chi connectivity index (χ4n) is 4.25. The fourth-order valence-corrected chi connectivity index (χ4v) is 4.25. The number of nitrogens with zero attached hydrogens (tertiary/aromatic N) is 1. The second kappa shape index (κ2) is 9.96. The van der Waals surface area contributed by atoms with Gasteiger partial charge in [-0.1, -0.05) is 6.92 Å². The van der Waals surface area contributed by atoms with Crippen LogP contribution in [0.1, 0.15) is 59.6 Å². The molecule has 2 aromatic rings. The second-order valence-corrected chi connectivity index (χ2v) is 8.87. The topological polar surface area (TPSA) is 49.7 Å². The lowest BCUT2D eigenvalue weighted by molar-refractivity contribution is -0.301. The van der Waals surface area contributed by atoms with Crippen LogP contribution in [0, 0.1) is 5.82 Å². The third-order valence-electron chi connectivity index (χ3n) is 5.44. The number of esters is 1. The Kier molecular flexibility index (Phi) is 7.55. The van der Waals surface area contributed by atoms with Crippen LogP contribution in [-0.4, -0.2) is 34.6 Å². The van der Waals surface area contributed by atoms with Gasteiger partial charge < -0.3 is 18.8 Å². The minimum Gasteiger partial charge on any atom is -0.463 e. The lowest BCUT2D eigenvalue weighted by Crippen LogP contribution is -2.45. The average molecular weight is 432 g/mol. The van der Waals surface area contributed by atoms with Gasteiger partial charge in [-0.2, -0.15) is 0 Å². The molecule has 1 aliphatic heterocycles. The predicted octanol–water partition coefficient (Wildman–Crippen LogP) is 5.50. The molecule has 1 aromatic heterocycles. The number of hydrogen-bond acceptors (Lipinski definition) is 4. The van der Waals surface area contributed by atoms with Crippen molar-refractivity contribution in [3.8, 4) is 11.3 Å². The number of carbonyl (C=O) groups is 1. The van der Waals surface area contributed by atoms with E-state index in [9.17, 15) is 9.18 Å². The van der Waals surface area contributed by atoms with Crippen molar-refractivity contribution in [2.24, 2.45) is 0 Å². The minimum atomic E-state index is -0.754. The fraction of sp³-hybridized carbons (Fsp3) is 0.560. The van der Waals surface area contributed by atoms with Gasteiger partial charge >= 0.3 is 5.97 Å². The van der Waals surface area contributed by atoms with E-state index in [0.29, 0.717) is 6.42 Å². The van der Waals surface area contributed by atoms with Gasteiger partial charge in [0.05, 0.1) is 24.7 Å². The summed E-state index contributed by atoms with van der Waals surface area (Å²) >= 11 is 0. The first-order valence-electron chi connectivity index (χ1n) is 11.2. The predicted molar refractivity (Wildman–Crippen MR) is 118 cm³/mol. The molecule has 2 atom stereocenters. The van der Waals surface area contributed by atoms with Crippen molar-refractivity contribution in [1.29, 1.82) is 0 Å². The van der Waals surface area contributed by atoms with Crippen LogP contribution < -0.4 is 0 Å². The van der Waals surface area contributed by atoms with E-state index in [-0.39, 0.29) is 36.5 Å². The Morgan fingerprint density at radius 3 is 2.48 bits per heavy atom. The van der Waals surface area contributed by atoms with Crippen LogP contribution in [0.3, 0.4) is 0 Å². The average Bonchev–Trinajstić information content (AvgIpc) is 3.08. The van der Waals surface area contributed by atoms with Gasteiger partial charge in [-0.25, -0.2) is 4.39 Å². The molecule has 0 spiro atoms. The number of ether oxygens (including phenoxy) is 3. The molecule has 6 heteroatoms. The van der Waals surface area contributed by atoms with Crippen LogP contribution >= 0.6 is 0 Å². The van der Waals surface area contributed by atoms with Crippen LogP contribution in [-0.2, 0) is 32.0 Å². The third-order valence-corrected chi connectivity index (χ3v) is 5.44. The highest BCUT2D eigenvalue weighted by molar-refractivity contribution is 5.70. The zero-order valence-corrected chi connectivity index (χ0v) is 19.2. The van der Waals surface area contributed by atoms with Crippen LogP contribution in [0.2, 0.25) is 0 Å². The van der Waals surface area contributed by atoms with E-state index in [1.807, 2.05) is 39.8 Å². The van der Waals surface area contributed by atoms with Crippen molar-refractivity contribution in [2.45, 2.75) is 90.9 Å². The lowest BCUT2D eigenvalue weighted by atomic mass is 10.0. The van der Waals surface area contributed by atoms with Gasteiger partial charge in [-0.15, -0.1) is 0 Å². The van der Waals surface area contributed by atoms with E-state index >= 15 is 0 Å². The van der Waals surface area contributed by atoms with Crippen molar-refractivity contribution in [2.75, 3.05) is 0 Å². The SMILES string of the molecule is CCc1ccc(-c2ccc(F)cc2)n1CC[C@H]1C[C@@H](CC(=O)OC(C)C)OC(C)(C)O1. The van der Waals surface area contributed by atoms with Crippen molar-refractivity contribution >= 4 is 5.97 Å². The Hall–Kier alpha value is -2.18. The van der Waals surface area contributed by atoms with Crippen LogP contribution in [0.4, 0.5) is 4.39 Å². The number of benzene rings is 1. The summed E-state index contributed by atoms with van der Waals surface area (Å²) in [5.74, 6) is -1.23. The molecular weight excluding hydrogens is 397 g/mol. The molecule has 0 radical (unpaired) electrons. The molecule has 5 nitrogen and oxygen atoms in total. The standard InChI is InChI=1S/C25H34FNO4/c1-6-20-11-12-23(18-7-9-19(26)10-8-18)27(20)14-13-21-15-22(31-25(4,5)30-21)16-24(28)29-17(2)3/h7-12,17,21-22H,6,13-16H2,1-5H3/t21-,22-/m0/s1. The van der Waals surface area contributed by atoms with E-state index < -0.39 is 5.79 Å². The highest BCUT2D eigenvalue weighted by Crippen LogP contribution is 2.31. The maximum absolute atomic E-state index is 13.4. The molecule has 0 bridgehead atoms. The van der Waals surface area contributed by atoms with Crippen LogP contribution in [0.15, 0.2) is 36.4 Å². The van der Waals surface area contributed by atoms with Crippen LogP contribution in [0.25, 0.3) is 11.3 Å². The Bertz CT molecular complexity index is 872. The van der Waals surface area contributed by atoms with E-state index in [4.69, 9.17) is 14.2 Å². The van der Waals surface area contributed by atoms with Crippen molar-refractivity contribution < 1.29 is 23.4 Å². The highest BCUT2D eigenvalue weighted by Gasteiger charge is 2.36. The molecule has 2 heterocycles. The van der Waals surface area contributed by atoms with Crippen molar-refractivity contribution in [3.63, 3.8) is 0 Å². The van der Waals surface area contributed by atoms with Crippen molar-refractivity contribution in [3.05, 3.63) is 47.9 Å². The first kappa shape index (κ1) is 23.5. The number of halogens is 1. The molecule has 0 aliphatic carbocycles. The second-order valence-electron chi connectivity index (χ2n) is 8.87. The highest BCUT2D eigenvalue weighted by atomic mass is 19.1. The smallest absolute Gasteiger partial charge is 0.308 e. The Morgan fingerprint density at radius 1 is 1.16 bits per heavy atom. The minimum absolute atomic E-state index is 0.0335. The van der Waals surface area contributed by atoms with E-state index in [1.54, 1.807) is 0 Å². The number of hydrogen-bond donors (Lipinski definition) is 0. The van der Waals surface area contributed by atoms with Gasteiger partial charge in [0.25, 0.3) is 0 Å². The Morgan fingerprint density at radius 2 is 1.84 bits per heavy atom. The summed E-state index contributed by atoms with van der Waals surface area (Å²) in [4.78, 5) is 12.1. The molecule has 170 valence electrons. The maximum atomic E-state index is 13.4. The normalized spacial score (nSPS) is 20.7. The third kappa shape index (κ3) is 6.40. The monoisotopic (exact) mass is 431 g/mol. The summed E-state index contributed by atoms with van der Waals surface area (Å²) in [5.41, 5.74) is 3.28. The number of aryl methyl sites for hydroxylation is 1. The number of rotatable bonds is 8. The van der Waals surface area contributed by atoms with Gasteiger partial charge in [-0.3, -0.25) is 4.79 Å². The molecule has 0 N–H and O–H groups in total. The Labute approximate surface area is 184 Å². The van der Waals surface area contributed by atoms with E-state index in [1.165, 1.54) is 17.8 Å². The largest absolute Gasteiger partial charge is 0.463 e. The zero-order valence-electron chi connectivity index (χ0n) is 19.2. The summed E-state index contributed by atoms with van der Waals surface area (Å²) < 4.78 is 33.1. The van der Waals surface area contributed by atoms with Gasteiger partial charge in [-0.05, 0) is 82.5 Å². The first-order valence-corrected chi connectivity index (χ1v) is 11.2. The van der Waals surface area contributed by atoms with E-state index in [0.717, 1.165) is 30.6 Å². The molecule has 1 fully saturated rings. The number of aromatic nitrogens is 1. The summed E-state index contributed by atoms with van der Waals surface area (Å²) in [5, 5.41) is 0. The summed E-state index contributed by atoms with van der Waals surface area (Å²) in [6.07, 6.45) is 2.17. The summed E-state index contributed by atoms with van der Waals surface area (Å²) in [7, 11) is 0. The van der Waals surface area contributed by atoms with Gasteiger partial charge in [0.15, 0.2) is 5.79 Å². The quantitative estimate of drug-likeness (QED) is 0.518. The van der Waals surface area contributed by atoms with Crippen molar-refractivity contribution in [1.82, 2.24) is 4.57 Å². The molecule has 0 amide bonds. The summed E-state index contributed by atoms with van der Waals surface area (Å²) in [6.45, 7) is 10.4. The lowest BCUT2D eigenvalue weighted by Gasteiger charge is -2.40. The molecule has 3 rings (SSSR count). The molecule has 1 saturated heterocycles. The molecule has 0 unspecified atom stereocenters. The van der Waals surface area contributed by atoms with Gasteiger partial charge in [0.2, 0.25) is 0 Å². The first-order chi connectivity index (χ1) is 14.7. The Balaban J connectivity index is 1.70.